The lowest BCUT2D eigenvalue weighted by molar-refractivity contribution is -0.123. The van der Waals surface area contributed by atoms with Crippen LogP contribution in [0.25, 0.3) is 6.08 Å². The third-order valence-electron chi connectivity index (χ3n) is 4.32. The summed E-state index contributed by atoms with van der Waals surface area (Å²) in [5.74, 6) is -0.0184. The van der Waals surface area contributed by atoms with E-state index in [4.69, 9.17) is 16.6 Å². The topological polar surface area (TPSA) is 32.7 Å². The molecule has 1 saturated heterocycles. The minimum atomic E-state index is -0.0184. The molecule has 2 aromatic rings. The van der Waals surface area contributed by atoms with Gasteiger partial charge in [0.05, 0.1) is 10.6 Å². The zero-order chi connectivity index (χ0) is 18.7. The highest BCUT2D eigenvalue weighted by Crippen LogP contribution is 2.36. The van der Waals surface area contributed by atoms with Gasteiger partial charge in [-0.1, -0.05) is 54.4 Å². The quantitative estimate of drug-likeness (QED) is 0.601. The fourth-order valence-corrected chi connectivity index (χ4v) is 3.87. The van der Waals surface area contributed by atoms with Crippen LogP contribution in [0.4, 0.5) is 5.69 Å². The Bertz CT molecular complexity index is 874. The summed E-state index contributed by atoms with van der Waals surface area (Å²) in [4.78, 5) is 20.1. The van der Waals surface area contributed by atoms with Crippen LogP contribution in [-0.2, 0) is 4.79 Å². The van der Waals surface area contributed by atoms with Crippen LogP contribution < -0.4 is 0 Å². The first-order chi connectivity index (χ1) is 12.5. The zero-order valence-corrected chi connectivity index (χ0v) is 16.6. The van der Waals surface area contributed by atoms with Crippen molar-refractivity contribution in [2.24, 2.45) is 4.99 Å². The second kappa shape index (κ2) is 8.11. The largest absolute Gasteiger partial charge is 0.284 e. The number of halogens is 1. The normalized spacial score (nSPS) is 18.8. The van der Waals surface area contributed by atoms with E-state index in [-0.39, 0.29) is 11.9 Å². The van der Waals surface area contributed by atoms with E-state index >= 15 is 0 Å². The van der Waals surface area contributed by atoms with Crippen molar-refractivity contribution < 1.29 is 4.79 Å². The average molecular weight is 385 g/mol. The van der Waals surface area contributed by atoms with Crippen molar-refractivity contribution in [1.29, 1.82) is 0 Å². The van der Waals surface area contributed by atoms with Gasteiger partial charge < -0.3 is 0 Å². The van der Waals surface area contributed by atoms with Crippen molar-refractivity contribution in [3.8, 4) is 0 Å². The Morgan fingerprint density at radius 2 is 1.88 bits per heavy atom. The van der Waals surface area contributed by atoms with E-state index in [2.05, 4.69) is 6.92 Å². The second-order valence-electron chi connectivity index (χ2n) is 6.29. The van der Waals surface area contributed by atoms with E-state index in [1.807, 2.05) is 68.5 Å². The number of thioether (sulfide) groups is 1. The molecule has 0 bridgehead atoms. The van der Waals surface area contributed by atoms with Crippen molar-refractivity contribution in [3.63, 3.8) is 0 Å². The number of carbonyl (C=O) groups is 1. The number of amidine groups is 1. The first-order valence-electron chi connectivity index (χ1n) is 8.62. The van der Waals surface area contributed by atoms with Gasteiger partial charge in [-0.3, -0.25) is 9.69 Å². The van der Waals surface area contributed by atoms with E-state index in [9.17, 15) is 4.79 Å². The van der Waals surface area contributed by atoms with E-state index in [0.717, 1.165) is 17.7 Å². The number of aliphatic imine (C=N–C) groups is 1. The van der Waals surface area contributed by atoms with Gasteiger partial charge in [0.2, 0.25) is 0 Å². The molecule has 0 saturated carbocycles. The molecule has 1 heterocycles. The van der Waals surface area contributed by atoms with Crippen LogP contribution in [0.5, 0.6) is 0 Å². The maximum Gasteiger partial charge on any atom is 0.267 e. The van der Waals surface area contributed by atoms with Gasteiger partial charge in [-0.2, -0.15) is 0 Å². The van der Waals surface area contributed by atoms with Gasteiger partial charge in [-0.25, -0.2) is 4.99 Å². The Hall–Kier alpha value is -2.04. The lowest BCUT2D eigenvalue weighted by Crippen LogP contribution is -2.36. The summed E-state index contributed by atoms with van der Waals surface area (Å²) in [5, 5.41) is 1.35. The maximum atomic E-state index is 13.0. The van der Waals surface area contributed by atoms with Gasteiger partial charge in [-0.05, 0) is 61.9 Å². The van der Waals surface area contributed by atoms with Crippen LogP contribution in [-0.4, -0.2) is 22.0 Å². The molecule has 1 aliphatic heterocycles. The minimum Gasteiger partial charge on any atom is -0.284 e. The Labute approximate surface area is 163 Å². The summed E-state index contributed by atoms with van der Waals surface area (Å²) in [5.41, 5.74) is 2.87. The molecule has 0 spiro atoms. The van der Waals surface area contributed by atoms with Crippen LogP contribution in [0.2, 0.25) is 5.02 Å². The summed E-state index contributed by atoms with van der Waals surface area (Å²) < 4.78 is 0. The molecule has 2 aromatic carbocycles. The number of aryl methyl sites for hydroxylation is 1. The average Bonchev–Trinajstić information content (AvgIpc) is 2.93. The van der Waals surface area contributed by atoms with Gasteiger partial charge in [0.25, 0.3) is 5.91 Å². The highest BCUT2D eigenvalue weighted by atomic mass is 35.5. The fraction of sp³-hybridized carbons (Fsp3) is 0.238. The Morgan fingerprint density at radius 1 is 1.19 bits per heavy atom. The molecule has 1 fully saturated rings. The zero-order valence-electron chi connectivity index (χ0n) is 15.1. The molecule has 26 heavy (non-hydrogen) atoms. The number of hydrogen-bond acceptors (Lipinski definition) is 3. The summed E-state index contributed by atoms with van der Waals surface area (Å²) in [6.45, 7) is 6.16. The lowest BCUT2D eigenvalue weighted by Gasteiger charge is -2.22. The van der Waals surface area contributed by atoms with Crippen molar-refractivity contribution in [2.75, 3.05) is 0 Å². The smallest absolute Gasteiger partial charge is 0.267 e. The van der Waals surface area contributed by atoms with Crippen molar-refractivity contribution in [3.05, 3.63) is 69.6 Å². The van der Waals surface area contributed by atoms with Gasteiger partial charge in [0.1, 0.15) is 0 Å². The highest BCUT2D eigenvalue weighted by molar-refractivity contribution is 8.18. The van der Waals surface area contributed by atoms with Crippen LogP contribution >= 0.6 is 23.4 Å². The Kier molecular flexibility index (Phi) is 5.84. The molecule has 0 radical (unpaired) electrons. The molecule has 1 amide bonds. The number of carbonyl (C=O) groups excluding carboxylic acids is 1. The van der Waals surface area contributed by atoms with Crippen molar-refractivity contribution in [2.45, 2.75) is 33.2 Å². The van der Waals surface area contributed by atoms with E-state index in [1.165, 1.54) is 17.3 Å². The molecular formula is C21H21ClN2OS. The highest BCUT2D eigenvalue weighted by Gasteiger charge is 2.36. The van der Waals surface area contributed by atoms with Crippen LogP contribution in [0.3, 0.4) is 0 Å². The Morgan fingerprint density at radius 3 is 2.54 bits per heavy atom. The second-order valence-corrected chi connectivity index (χ2v) is 7.71. The van der Waals surface area contributed by atoms with Crippen molar-refractivity contribution in [1.82, 2.24) is 4.90 Å². The first-order valence-corrected chi connectivity index (χ1v) is 9.82. The monoisotopic (exact) mass is 384 g/mol. The summed E-state index contributed by atoms with van der Waals surface area (Å²) in [6.07, 6.45) is 2.71. The van der Waals surface area contributed by atoms with E-state index in [1.54, 1.807) is 4.90 Å². The van der Waals surface area contributed by atoms with E-state index in [0.29, 0.717) is 15.1 Å². The molecule has 0 aliphatic carbocycles. The molecule has 3 rings (SSSR count). The predicted octanol–water partition coefficient (Wildman–Crippen LogP) is 6.05. The van der Waals surface area contributed by atoms with E-state index < -0.39 is 0 Å². The number of amides is 1. The Balaban J connectivity index is 1.99. The van der Waals surface area contributed by atoms with Gasteiger partial charge in [0.15, 0.2) is 5.17 Å². The number of rotatable bonds is 4. The lowest BCUT2D eigenvalue weighted by atomic mass is 10.2. The SMILES string of the molecule is CC[C@H](C)N1C(=O)/C(=C\c2ccccc2Cl)SC1=Nc1ccc(C)cc1. The first kappa shape index (κ1) is 18.7. The summed E-state index contributed by atoms with van der Waals surface area (Å²) in [7, 11) is 0. The molecule has 134 valence electrons. The van der Waals surface area contributed by atoms with Gasteiger partial charge in [-0.15, -0.1) is 0 Å². The molecule has 3 nitrogen and oxygen atoms in total. The third-order valence-corrected chi connectivity index (χ3v) is 5.65. The number of hydrogen-bond donors (Lipinski definition) is 0. The van der Waals surface area contributed by atoms with Crippen molar-refractivity contribution >= 4 is 46.2 Å². The maximum absolute atomic E-state index is 13.0. The molecule has 0 N–H and O–H groups in total. The fourth-order valence-electron chi connectivity index (χ4n) is 2.60. The molecule has 5 heteroatoms. The van der Waals surface area contributed by atoms with Crippen LogP contribution in [0.15, 0.2) is 58.4 Å². The predicted molar refractivity (Wildman–Crippen MR) is 112 cm³/mol. The van der Waals surface area contributed by atoms with Crippen LogP contribution in [0.1, 0.15) is 31.4 Å². The van der Waals surface area contributed by atoms with Gasteiger partial charge >= 0.3 is 0 Å². The standard InChI is InChI=1S/C21H21ClN2OS/c1-4-15(3)24-20(25)19(13-16-7-5-6-8-18(16)22)26-21(24)23-17-11-9-14(2)10-12-17/h5-13,15H,4H2,1-3H3/b19-13+,23-21?/t15-/m0/s1. The minimum absolute atomic E-state index is 0.0184. The molecule has 1 aliphatic rings. The molecule has 0 aromatic heterocycles. The molecule has 0 unspecified atom stereocenters. The summed E-state index contributed by atoms with van der Waals surface area (Å²) >= 11 is 7.65. The number of nitrogens with zero attached hydrogens (tertiary/aromatic N) is 2. The molecular weight excluding hydrogens is 364 g/mol. The summed E-state index contributed by atoms with van der Waals surface area (Å²) in [6, 6.07) is 15.6. The molecule has 1 atom stereocenters. The van der Waals surface area contributed by atoms with Crippen LogP contribution in [0, 0.1) is 6.92 Å². The number of benzene rings is 2. The van der Waals surface area contributed by atoms with Gasteiger partial charge in [0, 0.05) is 11.1 Å². The third kappa shape index (κ3) is 4.02.